The molecular formula is C21H20N4OS. The van der Waals surface area contributed by atoms with Gasteiger partial charge in [0, 0.05) is 42.9 Å². The number of thiophene rings is 1. The van der Waals surface area contributed by atoms with Crippen LogP contribution in [0.2, 0.25) is 0 Å². The first-order chi connectivity index (χ1) is 13.3. The zero-order valence-electron chi connectivity index (χ0n) is 15.1. The number of aromatic amines is 1. The number of nitrogens with one attached hydrogen (secondary N) is 1. The molecule has 4 aromatic rings. The highest BCUT2D eigenvalue weighted by Crippen LogP contribution is 2.27. The molecule has 1 N–H and O–H groups in total. The van der Waals surface area contributed by atoms with Gasteiger partial charge in [-0.1, -0.05) is 6.07 Å². The van der Waals surface area contributed by atoms with Crippen molar-refractivity contribution in [3.05, 3.63) is 64.9 Å². The SMILES string of the molecule is COc1ccc2[nH]cc(CN3CCc4cnc(-c5cccs5)nc4C3)c2c1. The van der Waals surface area contributed by atoms with E-state index in [0.717, 1.165) is 53.7 Å². The van der Waals surface area contributed by atoms with Crippen LogP contribution in [0.1, 0.15) is 16.8 Å². The zero-order chi connectivity index (χ0) is 18.2. The second-order valence-electron chi connectivity index (χ2n) is 6.83. The molecule has 4 heterocycles. The highest BCUT2D eigenvalue weighted by atomic mass is 32.1. The monoisotopic (exact) mass is 376 g/mol. The maximum absolute atomic E-state index is 5.39. The number of fused-ring (bicyclic) bond motifs is 2. The highest BCUT2D eigenvalue weighted by Gasteiger charge is 2.20. The first-order valence-corrected chi connectivity index (χ1v) is 9.93. The Hall–Kier alpha value is -2.70. The van der Waals surface area contributed by atoms with Crippen molar-refractivity contribution in [3.63, 3.8) is 0 Å². The molecule has 5 nitrogen and oxygen atoms in total. The van der Waals surface area contributed by atoms with Crippen LogP contribution in [0.4, 0.5) is 0 Å². The molecule has 27 heavy (non-hydrogen) atoms. The number of aromatic nitrogens is 3. The molecule has 6 heteroatoms. The third-order valence-corrected chi connectivity index (χ3v) is 6.00. The Morgan fingerprint density at radius 2 is 2.26 bits per heavy atom. The number of ether oxygens (including phenoxy) is 1. The second kappa shape index (κ2) is 6.79. The summed E-state index contributed by atoms with van der Waals surface area (Å²) in [4.78, 5) is 16.4. The van der Waals surface area contributed by atoms with E-state index in [2.05, 4.69) is 44.6 Å². The molecule has 136 valence electrons. The number of rotatable bonds is 4. The van der Waals surface area contributed by atoms with E-state index >= 15 is 0 Å². The van der Waals surface area contributed by atoms with Gasteiger partial charge in [-0.3, -0.25) is 4.90 Å². The fourth-order valence-corrected chi connectivity index (χ4v) is 4.34. The number of methoxy groups -OCH3 is 1. The summed E-state index contributed by atoms with van der Waals surface area (Å²) in [6, 6.07) is 10.3. The molecule has 5 rings (SSSR count). The lowest BCUT2D eigenvalue weighted by Crippen LogP contribution is -2.31. The minimum absolute atomic E-state index is 0.836. The molecule has 0 radical (unpaired) electrons. The molecule has 0 unspecified atom stereocenters. The van der Waals surface area contributed by atoms with Crippen molar-refractivity contribution in [1.82, 2.24) is 19.9 Å². The van der Waals surface area contributed by atoms with Crippen LogP contribution in [0.5, 0.6) is 5.75 Å². The van der Waals surface area contributed by atoms with E-state index in [4.69, 9.17) is 9.72 Å². The molecule has 0 bridgehead atoms. The van der Waals surface area contributed by atoms with Gasteiger partial charge >= 0.3 is 0 Å². The molecule has 1 aliphatic rings. The molecule has 0 atom stereocenters. The maximum Gasteiger partial charge on any atom is 0.169 e. The molecule has 0 spiro atoms. The minimum atomic E-state index is 0.836. The number of hydrogen-bond donors (Lipinski definition) is 1. The van der Waals surface area contributed by atoms with Gasteiger partial charge in [-0.05, 0) is 47.2 Å². The summed E-state index contributed by atoms with van der Waals surface area (Å²) in [6.45, 7) is 2.77. The van der Waals surface area contributed by atoms with Gasteiger partial charge in [0.05, 0.1) is 17.7 Å². The predicted molar refractivity (Wildman–Crippen MR) is 108 cm³/mol. The molecule has 0 saturated heterocycles. The smallest absolute Gasteiger partial charge is 0.169 e. The number of nitrogens with zero attached hydrogens (tertiary/aromatic N) is 3. The predicted octanol–water partition coefficient (Wildman–Crippen LogP) is 4.25. The zero-order valence-corrected chi connectivity index (χ0v) is 15.9. The van der Waals surface area contributed by atoms with Gasteiger partial charge in [0.15, 0.2) is 5.82 Å². The molecule has 0 amide bonds. The maximum atomic E-state index is 5.39. The standard InChI is InChI=1S/C21H20N4OS/c1-26-16-4-5-18-17(9-16)15(11-22-18)12-25-7-6-14-10-23-21(24-19(14)13-25)20-3-2-8-27-20/h2-5,8-11,22H,6-7,12-13H2,1H3. The van der Waals surface area contributed by atoms with E-state index in [0.29, 0.717) is 0 Å². The van der Waals surface area contributed by atoms with E-state index in [1.165, 1.54) is 16.5 Å². The summed E-state index contributed by atoms with van der Waals surface area (Å²) in [7, 11) is 1.71. The normalized spacial score (nSPS) is 14.4. The molecule has 3 aromatic heterocycles. The average molecular weight is 376 g/mol. The largest absolute Gasteiger partial charge is 0.497 e. The van der Waals surface area contributed by atoms with Crippen LogP contribution in [0.3, 0.4) is 0 Å². The Morgan fingerprint density at radius 3 is 3.11 bits per heavy atom. The van der Waals surface area contributed by atoms with Gasteiger partial charge in [0.1, 0.15) is 5.75 Å². The van der Waals surface area contributed by atoms with E-state index in [1.807, 2.05) is 18.3 Å². The van der Waals surface area contributed by atoms with Crippen molar-refractivity contribution in [2.45, 2.75) is 19.5 Å². The van der Waals surface area contributed by atoms with E-state index in [1.54, 1.807) is 18.4 Å². The van der Waals surface area contributed by atoms with Crippen molar-refractivity contribution < 1.29 is 4.74 Å². The number of H-pyrrole nitrogens is 1. The van der Waals surface area contributed by atoms with Crippen LogP contribution in [0.25, 0.3) is 21.6 Å². The van der Waals surface area contributed by atoms with E-state index in [9.17, 15) is 0 Å². The Bertz CT molecular complexity index is 1090. The van der Waals surface area contributed by atoms with Crippen molar-refractivity contribution in [3.8, 4) is 16.5 Å². The first kappa shape index (κ1) is 16.5. The highest BCUT2D eigenvalue weighted by molar-refractivity contribution is 7.13. The van der Waals surface area contributed by atoms with Crippen molar-refractivity contribution in [2.75, 3.05) is 13.7 Å². The lowest BCUT2D eigenvalue weighted by Gasteiger charge is -2.27. The summed E-state index contributed by atoms with van der Waals surface area (Å²) in [6.07, 6.45) is 5.10. The van der Waals surface area contributed by atoms with Gasteiger partial charge in [-0.2, -0.15) is 0 Å². The first-order valence-electron chi connectivity index (χ1n) is 9.05. The lowest BCUT2D eigenvalue weighted by atomic mass is 10.1. The van der Waals surface area contributed by atoms with Crippen molar-refractivity contribution >= 4 is 22.2 Å². The molecule has 0 fully saturated rings. The van der Waals surface area contributed by atoms with Gasteiger partial charge in [-0.15, -0.1) is 11.3 Å². The molecular weight excluding hydrogens is 356 g/mol. The van der Waals surface area contributed by atoms with Gasteiger partial charge in [0.2, 0.25) is 0 Å². The molecule has 1 aromatic carbocycles. The molecule has 0 aliphatic carbocycles. The van der Waals surface area contributed by atoms with Gasteiger partial charge in [-0.25, -0.2) is 9.97 Å². The minimum Gasteiger partial charge on any atom is -0.497 e. The van der Waals surface area contributed by atoms with Crippen LogP contribution in [0, 0.1) is 0 Å². The Balaban J connectivity index is 1.40. The third kappa shape index (κ3) is 3.11. The van der Waals surface area contributed by atoms with Gasteiger partial charge < -0.3 is 9.72 Å². The topological polar surface area (TPSA) is 54.0 Å². The summed E-state index contributed by atoms with van der Waals surface area (Å²) < 4.78 is 5.39. The van der Waals surface area contributed by atoms with Crippen LogP contribution >= 0.6 is 11.3 Å². The molecule has 0 saturated carbocycles. The van der Waals surface area contributed by atoms with Crippen LogP contribution < -0.4 is 4.74 Å². The number of hydrogen-bond acceptors (Lipinski definition) is 5. The Labute approximate surface area is 161 Å². The fraction of sp³-hybridized carbons (Fsp3) is 0.238. The second-order valence-corrected chi connectivity index (χ2v) is 7.78. The van der Waals surface area contributed by atoms with Crippen molar-refractivity contribution in [1.29, 1.82) is 0 Å². The summed E-state index contributed by atoms with van der Waals surface area (Å²) in [5.74, 6) is 1.73. The lowest BCUT2D eigenvalue weighted by molar-refractivity contribution is 0.242. The summed E-state index contributed by atoms with van der Waals surface area (Å²) in [5, 5.41) is 3.29. The third-order valence-electron chi connectivity index (χ3n) is 5.14. The Kier molecular flexibility index (Phi) is 4.14. The number of benzene rings is 1. The Morgan fingerprint density at radius 1 is 1.30 bits per heavy atom. The van der Waals surface area contributed by atoms with Gasteiger partial charge in [0.25, 0.3) is 0 Å². The summed E-state index contributed by atoms with van der Waals surface area (Å²) >= 11 is 1.68. The van der Waals surface area contributed by atoms with Crippen LogP contribution in [-0.4, -0.2) is 33.5 Å². The van der Waals surface area contributed by atoms with Crippen LogP contribution in [-0.2, 0) is 19.5 Å². The fourth-order valence-electron chi connectivity index (χ4n) is 3.67. The van der Waals surface area contributed by atoms with E-state index < -0.39 is 0 Å². The van der Waals surface area contributed by atoms with Crippen molar-refractivity contribution in [2.24, 2.45) is 0 Å². The van der Waals surface area contributed by atoms with E-state index in [-0.39, 0.29) is 0 Å². The average Bonchev–Trinajstić information content (AvgIpc) is 3.37. The quantitative estimate of drug-likeness (QED) is 0.578. The summed E-state index contributed by atoms with van der Waals surface area (Å²) in [5.41, 5.74) is 4.86. The molecule has 1 aliphatic heterocycles. The van der Waals surface area contributed by atoms with Crippen LogP contribution in [0.15, 0.2) is 48.1 Å².